The van der Waals surface area contributed by atoms with E-state index in [9.17, 15) is 24.5 Å². The van der Waals surface area contributed by atoms with Gasteiger partial charge in [0.15, 0.2) is 0 Å². The fourth-order valence-corrected chi connectivity index (χ4v) is 3.67. The monoisotopic (exact) mass is 491 g/mol. The van der Waals surface area contributed by atoms with Crippen LogP contribution in [0.2, 0.25) is 5.02 Å². The summed E-state index contributed by atoms with van der Waals surface area (Å²) in [6, 6.07) is 16.6. The van der Waals surface area contributed by atoms with E-state index in [0.717, 1.165) is 10.5 Å². The van der Waals surface area contributed by atoms with Crippen LogP contribution in [0, 0.1) is 17.0 Å². The summed E-state index contributed by atoms with van der Waals surface area (Å²) in [6.45, 7) is 1.96. The molecule has 1 fully saturated rings. The number of non-ortho nitro benzene ring substituents is 1. The van der Waals surface area contributed by atoms with Crippen LogP contribution in [-0.4, -0.2) is 22.8 Å². The van der Waals surface area contributed by atoms with Crippen LogP contribution in [0.3, 0.4) is 0 Å². The number of nitro benzene ring substituents is 1. The van der Waals surface area contributed by atoms with Crippen molar-refractivity contribution < 1.29 is 24.0 Å². The zero-order valence-corrected chi connectivity index (χ0v) is 19.1. The predicted octanol–water partition coefficient (Wildman–Crippen LogP) is 4.80. The van der Waals surface area contributed by atoms with Gasteiger partial charge in [0.25, 0.3) is 17.5 Å². The molecule has 1 aliphatic heterocycles. The maximum Gasteiger partial charge on any atom is 0.335 e. The summed E-state index contributed by atoms with van der Waals surface area (Å²) in [5, 5.41) is 13.2. The van der Waals surface area contributed by atoms with Crippen molar-refractivity contribution in [1.29, 1.82) is 0 Å². The lowest BCUT2D eigenvalue weighted by Crippen LogP contribution is -2.54. The molecule has 3 aromatic rings. The average molecular weight is 492 g/mol. The molecule has 176 valence electrons. The van der Waals surface area contributed by atoms with E-state index in [1.54, 1.807) is 42.5 Å². The number of urea groups is 1. The Morgan fingerprint density at radius 1 is 1.06 bits per heavy atom. The third kappa shape index (κ3) is 5.20. The summed E-state index contributed by atoms with van der Waals surface area (Å²) in [5.41, 5.74) is 2.12. The summed E-state index contributed by atoms with van der Waals surface area (Å²) >= 11 is 6.32. The number of amides is 4. The van der Waals surface area contributed by atoms with Gasteiger partial charge in [0.1, 0.15) is 17.9 Å². The first-order chi connectivity index (χ1) is 16.7. The number of aryl methyl sites for hydroxylation is 1. The normalized spacial score (nSPS) is 14.7. The van der Waals surface area contributed by atoms with Gasteiger partial charge in [-0.3, -0.25) is 25.0 Å². The molecule has 0 radical (unpaired) electrons. The molecule has 10 heteroatoms. The van der Waals surface area contributed by atoms with Crippen molar-refractivity contribution in [1.82, 2.24) is 5.32 Å². The number of barbiturate groups is 1. The van der Waals surface area contributed by atoms with Gasteiger partial charge in [0.2, 0.25) is 0 Å². The molecule has 4 amide bonds. The fourth-order valence-electron chi connectivity index (χ4n) is 3.42. The lowest BCUT2D eigenvalue weighted by atomic mass is 10.1. The molecule has 9 nitrogen and oxygen atoms in total. The van der Waals surface area contributed by atoms with Crippen LogP contribution >= 0.6 is 11.6 Å². The first kappa shape index (κ1) is 23.7. The Morgan fingerprint density at radius 2 is 1.80 bits per heavy atom. The van der Waals surface area contributed by atoms with E-state index in [2.05, 4.69) is 5.32 Å². The van der Waals surface area contributed by atoms with Gasteiger partial charge in [-0.15, -0.1) is 0 Å². The van der Waals surface area contributed by atoms with Crippen molar-refractivity contribution in [3.05, 3.63) is 104 Å². The molecule has 0 atom stereocenters. The summed E-state index contributed by atoms with van der Waals surface area (Å²) in [5.74, 6) is -1.21. The van der Waals surface area contributed by atoms with Crippen LogP contribution in [0.4, 0.5) is 16.2 Å². The predicted molar refractivity (Wildman–Crippen MR) is 129 cm³/mol. The molecule has 0 aliphatic carbocycles. The van der Waals surface area contributed by atoms with Crippen LogP contribution in [-0.2, 0) is 16.2 Å². The molecule has 0 saturated carbocycles. The first-order valence-electron chi connectivity index (χ1n) is 10.4. The van der Waals surface area contributed by atoms with E-state index in [4.69, 9.17) is 16.3 Å². The number of hydrogen-bond donors (Lipinski definition) is 1. The molecule has 4 rings (SSSR count). The van der Waals surface area contributed by atoms with E-state index in [1.807, 2.05) is 13.0 Å². The molecule has 1 saturated heterocycles. The minimum absolute atomic E-state index is 0.0202. The second kappa shape index (κ2) is 9.78. The zero-order chi connectivity index (χ0) is 25.1. The van der Waals surface area contributed by atoms with Gasteiger partial charge in [-0.25, -0.2) is 9.69 Å². The van der Waals surface area contributed by atoms with E-state index >= 15 is 0 Å². The minimum atomic E-state index is -0.823. The summed E-state index contributed by atoms with van der Waals surface area (Å²) in [7, 11) is 0. The van der Waals surface area contributed by atoms with Gasteiger partial charge in [-0.2, -0.15) is 0 Å². The molecular formula is C25H18ClN3O6. The Balaban J connectivity index is 1.53. The number of halogens is 1. The van der Waals surface area contributed by atoms with Gasteiger partial charge < -0.3 is 4.74 Å². The number of anilines is 1. The molecule has 0 spiro atoms. The van der Waals surface area contributed by atoms with Gasteiger partial charge >= 0.3 is 6.03 Å². The maximum atomic E-state index is 13.0. The van der Waals surface area contributed by atoms with Crippen LogP contribution < -0.4 is 15.0 Å². The van der Waals surface area contributed by atoms with Gasteiger partial charge in [0, 0.05) is 12.1 Å². The molecular weight excluding hydrogens is 474 g/mol. The summed E-state index contributed by atoms with van der Waals surface area (Å²) < 4.78 is 5.69. The van der Waals surface area contributed by atoms with Crippen LogP contribution in [0.1, 0.15) is 16.7 Å². The third-order valence-electron chi connectivity index (χ3n) is 5.17. The number of hydrogen-bond acceptors (Lipinski definition) is 6. The maximum absolute atomic E-state index is 13.0. The van der Waals surface area contributed by atoms with Crippen molar-refractivity contribution in [3.63, 3.8) is 0 Å². The van der Waals surface area contributed by atoms with E-state index in [-0.39, 0.29) is 22.9 Å². The molecule has 35 heavy (non-hydrogen) atoms. The second-order valence-corrected chi connectivity index (χ2v) is 8.11. The number of imide groups is 2. The highest BCUT2D eigenvalue weighted by Gasteiger charge is 2.36. The first-order valence-corrected chi connectivity index (χ1v) is 10.7. The molecule has 0 unspecified atom stereocenters. The zero-order valence-electron chi connectivity index (χ0n) is 18.4. The molecule has 1 aliphatic rings. The van der Waals surface area contributed by atoms with E-state index < -0.39 is 22.8 Å². The lowest BCUT2D eigenvalue weighted by Gasteiger charge is -2.26. The fraction of sp³-hybridized carbons (Fsp3) is 0.0800. The Kier molecular flexibility index (Phi) is 6.61. The largest absolute Gasteiger partial charge is 0.487 e. The Labute approximate surface area is 204 Å². The van der Waals surface area contributed by atoms with Gasteiger partial charge in [-0.1, -0.05) is 29.8 Å². The van der Waals surface area contributed by atoms with E-state index in [0.29, 0.717) is 22.6 Å². The number of nitrogens with zero attached hydrogens (tertiary/aromatic N) is 2. The highest BCUT2D eigenvalue weighted by atomic mass is 35.5. The minimum Gasteiger partial charge on any atom is -0.487 e. The number of carbonyl (C=O) groups is 3. The second-order valence-electron chi connectivity index (χ2n) is 7.70. The molecule has 0 aromatic heterocycles. The van der Waals surface area contributed by atoms with Gasteiger partial charge in [0.05, 0.1) is 15.6 Å². The van der Waals surface area contributed by atoms with Gasteiger partial charge in [-0.05, 0) is 66.1 Å². The van der Waals surface area contributed by atoms with Crippen molar-refractivity contribution >= 4 is 46.9 Å². The lowest BCUT2D eigenvalue weighted by molar-refractivity contribution is -0.384. The number of ether oxygens (including phenoxy) is 1. The number of benzene rings is 3. The smallest absolute Gasteiger partial charge is 0.335 e. The molecule has 1 N–H and O–H groups in total. The van der Waals surface area contributed by atoms with Crippen molar-refractivity contribution in [2.45, 2.75) is 13.5 Å². The third-order valence-corrected chi connectivity index (χ3v) is 5.47. The number of nitro groups is 1. The average Bonchev–Trinajstić information content (AvgIpc) is 2.81. The Hall–Kier alpha value is -4.50. The number of carbonyl (C=O) groups excluding carboxylic acids is 3. The summed E-state index contributed by atoms with van der Waals surface area (Å²) in [4.78, 5) is 48.9. The molecule has 1 heterocycles. The van der Waals surface area contributed by atoms with Crippen LogP contribution in [0.15, 0.2) is 72.3 Å². The highest BCUT2D eigenvalue weighted by molar-refractivity contribution is 6.39. The van der Waals surface area contributed by atoms with E-state index in [1.165, 1.54) is 24.3 Å². The Bertz CT molecular complexity index is 1380. The van der Waals surface area contributed by atoms with Crippen LogP contribution in [0.25, 0.3) is 6.08 Å². The van der Waals surface area contributed by atoms with Crippen LogP contribution in [0.5, 0.6) is 5.75 Å². The van der Waals surface area contributed by atoms with Crippen molar-refractivity contribution in [2.24, 2.45) is 0 Å². The quantitative estimate of drug-likeness (QED) is 0.229. The number of rotatable bonds is 6. The molecule has 0 bridgehead atoms. The molecule has 3 aromatic carbocycles. The number of nitrogens with one attached hydrogen (secondary N) is 1. The highest BCUT2D eigenvalue weighted by Crippen LogP contribution is 2.29. The summed E-state index contributed by atoms with van der Waals surface area (Å²) in [6.07, 6.45) is 1.35. The van der Waals surface area contributed by atoms with Crippen molar-refractivity contribution in [2.75, 3.05) is 4.90 Å². The topological polar surface area (TPSA) is 119 Å². The van der Waals surface area contributed by atoms with Crippen molar-refractivity contribution in [3.8, 4) is 5.75 Å². The standard InChI is InChI=1S/C25H18ClN3O6/c1-15-3-2-4-19(11-15)28-24(31)20(23(30)27-25(28)32)12-17-7-10-22(21(26)13-17)35-14-16-5-8-18(9-6-16)29(33)34/h2-13H,14H2,1H3,(H,27,30,32)/b20-12+. The Morgan fingerprint density at radius 3 is 2.46 bits per heavy atom. The SMILES string of the molecule is Cc1cccc(N2C(=O)NC(=O)/C(=C\c3ccc(OCc4ccc([N+](=O)[O-])cc4)c(Cl)c3)C2=O)c1.